The molecule has 0 aliphatic carbocycles. The fourth-order valence-corrected chi connectivity index (χ4v) is 2.50. The van der Waals surface area contributed by atoms with E-state index in [1.54, 1.807) is 20.1 Å². The third-order valence-corrected chi connectivity index (χ3v) is 4.02. The van der Waals surface area contributed by atoms with E-state index in [4.69, 9.17) is 13.9 Å². The molecule has 1 aromatic heterocycles. The maximum absolute atomic E-state index is 11.8. The van der Waals surface area contributed by atoms with Gasteiger partial charge in [0.2, 0.25) is 0 Å². The second kappa shape index (κ2) is 6.16. The van der Waals surface area contributed by atoms with Crippen molar-refractivity contribution in [1.29, 1.82) is 0 Å². The molecule has 0 atom stereocenters. The number of hydrogen-bond donors (Lipinski definition) is 0. The van der Waals surface area contributed by atoms with Gasteiger partial charge in [0.25, 0.3) is 0 Å². The van der Waals surface area contributed by atoms with Gasteiger partial charge in [-0.1, -0.05) is 18.2 Å². The Kier molecular flexibility index (Phi) is 4.06. The Morgan fingerprint density at radius 2 is 1.83 bits per heavy atom. The van der Waals surface area contributed by atoms with Crippen molar-refractivity contribution in [1.82, 2.24) is 0 Å². The summed E-state index contributed by atoms with van der Waals surface area (Å²) in [5.41, 5.74) is 2.76. The second-order valence-electron chi connectivity index (χ2n) is 5.40. The molecule has 4 heteroatoms. The summed E-state index contributed by atoms with van der Waals surface area (Å²) in [6.07, 6.45) is 0. The first-order valence-corrected chi connectivity index (χ1v) is 7.39. The monoisotopic (exact) mass is 310 g/mol. The van der Waals surface area contributed by atoms with Crippen molar-refractivity contribution < 1.29 is 13.9 Å². The highest BCUT2D eigenvalue weighted by Gasteiger charge is 2.09. The maximum Gasteiger partial charge on any atom is 0.339 e. The molecule has 23 heavy (non-hydrogen) atoms. The molecule has 3 aromatic rings. The van der Waals surface area contributed by atoms with Gasteiger partial charge in [0.15, 0.2) is 0 Å². The average Bonchev–Trinajstić information content (AvgIpc) is 2.58. The van der Waals surface area contributed by atoms with Gasteiger partial charge >= 0.3 is 5.63 Å². The van der Waals surface area contributed by atoms with Crippen molar-refractivity contribution >= 4 is 11.0 Å². The summed E-state index contributed by atoms with van der Waals surface area (Å²) >= 11 is 0. The normalized spacial score (nSPS) is 10.7. The Balaban J connectivity index is 1.89. The minimum atomic E-state index is -0.308. The minimum Gasteiger partial charge on any atom is -0.496 e. The van der Waals surface area contributed by atoms with E-state index < -0.39 is 0 Å². The van der Waals surface area contributed by atoms with Gasteiger partial charge in [0, 0.05) is 22.6 Å². The molecule has 118 valence electrons. The summed E-state index contributed by atoms with van der Waals surface area (Å²) in [7, 11) is 1.63. The Morgan fingerprint density at radius 1 is 1.04 bits per heavy atom. The van der Waals surface area contributed by atoms with E-state index in [0.29, 0.717) is 23.5 Å². The number of hydrogen-bond acceptors (Lipinski definition) is 4. The number of methoxy groups -OCH3 is 1. The van der Waals surface area contributed by atoms with E-state index in [1.807, 2.05) is 43.3 Å². The largest absolute Gasteiger partial charge is 0.496 e. The standard InChI is InChI=1S/C19H18O4/c1-12-13(2)19(20)23-18-10-15(8-9-16(12)18)22-11-14-6-4-5-7-17(14)21-3/h4-10H,11H2,1-3H3. The summed E-state index contributed by atoms with van der Waals surface area (Å²) in [6, 6.07) is 13.2. The van der Waals surface area contributed by atoms with Crippen molar-refractivity contribution in [2.75, 3.05) is 7.11 Å². The highest BCUT2D eigenvalue weighted by Crippen LogP contribution is 2.25. The third-order valence-electron chi connectivity index (χ3n) is 4.02. The molecule has 0 saturated carbocycles. The molecular formula is C19H18O4. The lowest BCUT2D eigenvalue weighted by atomic mass is 10.1. The van der Waals surface area contributed by atoms with Crippen LogP contribution in [0.25, 0.3) is 11.0 Å². The molecule has 0 saturated heterocycles. The van der Waals surface area contributed by atoms with Crippen LogP contribution >= 0.6 is 0 Å². The molecule has 3 rings (SSSR count). The lowest BCUT2D eigenvalue weighted by Gasteiger charge is -2.11. The van der Waals surface area contributed by atoms with E-state index in [-0.39, 0.29) is 5.63 Å². The van der Waals surface area contributed by atoms with Gasteiger partial charge in [0.1, 0.15) is 23.7 Å². The van der Waals surface area contributed by atoms with Gasteiger partial charge in [-0.15, -0.1) is 0 Å². The average molecular weight is 310 g/mol. The highest BCUT2D eigenvalue weighted by molar-refractivity contribution is 5.82. The summed E-state index contributed by atoms with van der Waals surface area (Å²) in [4.78, 5) is 11.8. The van der Waals surface area contributed by atoms with Crippen LogP contribution in [0.5, 0.6) is 11.5 Å². The Labute approximate surface area is 134 Å². The molecule has 2 aromatic carbocycles. The third kappa shape index (κ3) is 2.93. The number of ether oxygens (including phenoxy) is 2. The van der Waals surface area contributed by atoms with Crippen molar-refractivity contribution in [2.45, 2.75) is 20.5 Å². The number of benzene rings is 2. The molecule has 0 aliphatic rings. The molecule has 0 spiro atoms. The van der Waals surface area contributed by atoms with Crippen LogP contribution < -0.4 is 15.1 Å². The van der Waals surface area contributed by atoms with Crippen LogP contribution in [0.15, 0.2) is 51.7 Å². The van der Waals surface area contributed by atoms with Crippen molar-refractivity contribution in [3.8, 4) is 11.5 Å². The fourth-order valence-electron chi connectivity index (χ4n) is 2.50. The summed E-state index contributed by atoms with van der Waals surface area (Å²) in [5, 5.41) is 0.923. The van der Waals surface area contributed by atoms with E-state index >= 15 is 0 Å². The predicted molar refractivity (Wildman–Crippen MR) is 89.3 cm³/mol. The molecule has 0 bridgehead atoms. The molecule has 0 aliphatic heterocycles. The van der Waals surface area contributed by atoms with Crippen molar-refractivity contribution in [3.05, 3.63) is 69.6 Å². The van der Waals surface area contributed by atoms with Crippen LogP contribution in [0.1, 0.15) is 16.7 Å². The second-order valence-corrected chi connectivity index (χ2v) is 5.40. The maximum atomic E-state index is 11.8. The first kappa shape index (κ1) is 15.2. The number of para-hydroxylation sites is 1. The van der Waals surface area contributed by atoms with Crippen LogP contribution in [0.4, 0.5) is 0 Å². The Morgan fingerprint density at radius 3 is 2.61 bits per heavy atom. The zero-order valence-electron chi connectivity index (χ0n) is 13.4. The van der Waals surface area contributed by atoms with Crippen LogP contribution in [0, 0.1) is 13.8 Å². The van der Waals surface area contributed by atoms with Gasteiger partial charge in [-0.3, -0.25) is 0 Å². The van der Waals surface area contributed by atoms with E-state index in [9.17, 15) is 4.79 Å². The fraction of sp³-hybridized carbons (Fsp3) is 0.211. The van der Waals surface area contributed by atoms with Crippen LogP contribution in [0.2, 0.25) is 0 Å². The smallest absolute Gasteiger partial charge is 0.339 e. The van der Waals surface area contributed by atoms with Gasteiger partial charge in [-0.05, 0) is 37.6 Å². The Bertz CT molecular complexity index is 909. The quantitative estimate of drug-likeness (QED) is 0.683. The van der Waals surface area contributed by atoms with Gasteiger partial charge in [-0.2, -0.15) is 0 Å². The SMILES string of the molecule is COc1ccccc1COc1ccc2c(C)c(C)c(=O)oc2c1. The lowest BCUT2D eigenvalue weighted by molar-refractivity contribution is 0.296. The van der Waals surface area contributed by atoms with E-state index in [0.717, 1.165) is 22.3 Å². The predicted octanol–water partition coefficient (Wildman–Crippen LogP) is 4.00. The Hall–Kier alpha value is -2.75. The van der Waals surface area contributed by atoms with Crippen LogP contribution in [-0.2, 0) is 6.61 Å². The molecule has 0 fully saturated rings. The molecule has 0 N–H and O–H groups in total. The van der Waals surface area contributed by atoms with Crippen molar-refractivity contribution in [2.24, 2.45) is 0 Å². The first-order chi connectivity index (χ1) is 11.1. The molecule has 4 nitrogen and oxygen atoms in total. The molecule has 0 unspecified atom stereocenters. The minimum absolute atomic E-state index is 0.308. The highest BCUT2D eigenvalue weighted by atomic mass is 16.5. The number of rotatable bonds is 4. The topological polar surface area (TPSA) is 48.7 Å². The number of aryl methyl sites for hydroxylation is 1. The van der Waals surface area contributed by atoms with Gasteiger partial charge < -0.3 is 13.9 Å². The van der Waals surface area contributed by atoms with Crippen LogP contribution in [-0.4, -0.2) is 7.11 Å². The molecule has 0 amide bonds. The van der Waals surface area contributed by atoms with Crippen molar-refractivity contribution in [3.63, 3.8) is 0 Å². The summed E-state index contributed by atoms with van der Waals surface area (Å²) < 4.78 is 16.5. The summed E-state index contributed by atoms with van der Waals surface area (Å²) in [6.45, 7) is 4.07. The molecule has 1 heterocycles. The van der Waals surface area contributed by atoms with E-state index in [2.05, 4.69) is 0 Å². The van der Waals surface area contributed by atoms with Crippen LogP contribution in [0.3, 0.4) is 0 Å². The van der Waals surface area contributed by atoms with E-state index in [1.165, 1.54) is 0 Å². The molecule has 0 radical (unpaired) electrons. The lowest BCUT2D eigenvalue weighted by Crippen LogP contribution is -2.05. The first-order valence-electron chi connectivity index (χ1n) is 7.39. The zero-order valence-corrected chi connectivity index (χ0v) is 13.4. The molecular weight excluding hydrogens is 292 g/mol. The number of fused-ring (bicyclic) bond motifs is 1. The van der Waals surface area contributed by atoms with Gasteiger partial charge in [0.05, 0.1) is 7.11 Å². The zero-order chi connectivity index (χ0) is 16.4. The van der Waals surface area contributed by atoms with Gasteiger partial charge in [-0.25, -0.2) is 4.79 Å². The summed E-state index contributed by atoms with van der Waals surface area (Å²) in [5.74, 6) is 1.43.